The van der Waals surface area contributed by atoms with Gasteiger partial charge in [0.2, 0.25) is 0 Å². The van der Waals surface area contributed by atoms with E-state index in [0.29, 0.717) is 5.11 Å². The van der Waals surface area contributed by atoms with Gasteiger partial charge in [-0.3, -0.25) is 0 Å². The van der Waals surface area contributed by atoms with Gasteiger partial charge in [-0.25, -0.2) is 0 Å². The normalized spacial score (nSPS) is 9.95. The Kier molecular flexibility index (Phi) is 5.19. The van der Waals surface area contributed by atoms with Crippen molar-refractivity contribution in [3.63, 3.8) is 0 Å². The smallest absolute Gasteiger partial charge is 0.170 e. The first-order valence-corrected chi connectivity index (χ1v) is 6.87. The molecular formula is C15H15ClN2S. The van der Waals surface area contributed by atoms with Crippen molar-refractivity contribution in [2.75, 3.05) is 11.9 Å². The number of halogens is 1. The molecule has 0 aromatic heterocycles. The average molecular weight is 291 g/mol. The first-order chi connectivity index (χ1) is 9.24. The van der Waals surface area contributed by atoms with Gasteiger partial charge in [0.1, 0.15) is 0 Å². The van der Waals surface area contributed by atoms with Crippen LogP contribution in [0.4, 0.5) is 5.69 Å². The third-order valence-electron chi connectivity index (χ3n) is 2.62. The Morgan fingerprint density at radius 3 is 2.58 bits per heavy atom. The van der Waals surface area contributed by atoms with E-state index < -0.39 is 0 Å². The molecule has 0 atom stereocenters. The predicted octanol–water partition coefficient (Wildman–Crippen LogP) is 3.87. The minimum atomic E-state index is 0.633. The van der Waals surface area contributed by atoms with Crippen molar-refractivity contribution >= 4 is 34.6 Å². The van der Waals surface area contributed by atoms with Gasteiger partial charge in [0.05, 0.1) is 0 Å². The van der Waals surface area contributed by atoms with E-state index in [1.165, 1.54) is 5.56 Å². The van der Waals surface area contributed by atoms with Crippen molar-refractivity contribution < 1.29 is 0 Å². The third kappa shape index (κ3) is 4.89. The van der Waals surface area contributed by atoms with Crippen molar-refractivity contribution in [1.82, 2.24) is 5.32 Å². The molecule has 2 nitrogen and oxygen atoms in total. The third-order valence-corrected chi connectivity index (χ3v) is 3.10. The predicted molar refractivity (Wildman–Crippen MR) is 85.8 cm³/mol. The molecule has 0 saturated carbocycles. The van der Waals surface area contributed by atoms with Crippen LogP contribution in [0.5, 0.6) is 0 Å². The second-order valence-corrected chi connectivity index (χ2v) is 4.97. The van der Waals surface area contributed by atoms with Gasteiger partial charge in [-0.1, -0.05) is 41.9 Å². The summed E-state index contributed by atoms with van der Waals surface area (Å²) in [5, 5.41) is 7.71. The SMILES string of the molecule is S=C(NCCc1cccc(Cl)c1)Nc1ccccc1. The molecule has 2 aromatic rings. The Morgan fingerprint density at radius 2 is 1.84 bits per heavy atom. The van der Waals surface area contributed by atoms with Crippen molar-refractivity contribution in [1.29, 1.82) is 0 Å². The van der Waals surface area contributed by atoms with Crippen LogP contribution in [0.15, 0.2) is 54.6 Å². The lowest BCUT2D eigenvalue weighted by molar-refractivity contribution is 0.873. The second-order valence-electron chi connectivity index (χ2n) is 4.13. The topological polar surface area (TPSA) is 24.1 Å². The minimum Gasteiger partial charge on any atom is -0.362 e. The zero-order chi connectivity index (χ0) is 13.5. The fourth-order valence-corrected chi connectivity index (χ4v) is 2.14. The molecule has 0 radical (unpaired) electrons. The molecule has 2 N–H and O–H groups in total. The highest BCUT2D eigenvalue weighted by atomic mass is 35.5. The molecule has 2 aromatic carbocycles. The number of hydrogen-bond acceptors (Lipinski definition) is 1. The van der Waals surface area contributed by atoms with Gasteiger partial charge in [-0.05, 0) is 48.5 Å². The van der Waals surface area contributed by atoms with Crippen molar-refractivity contribution in [3.8, 4) is 0 Å². The summed E-state index contributed by atoms with van der Waals surface area (Å²) in [6, 6.07) is 17.7. The highest BCUT2D eigenvalue weighted by Gasteiger charge is 1.98. The summed E-state index contributed by atoms with van der Waals surface area (Å²) < 4.78 is 0. The molecule has 0 aliphatic heterocycles. The molecule has 0 heterocycles. The molecule has 4 heteroatoms. The van der Waals surface area contributed by atoms with Gasteiger partial charge >= 0.3 is 0 Å². The second kappa shape index (κ2) is 7.12. The maximum Gasteiger partial charge on any atom is 0.170 e. The van der Waals surface area contributed by atoms with E-state index in [1.54, 1.807) is 0 Å². The van der Waals surface area contributed by atoms with Gasteiger partial charge in [-0.15, -0.1) is 0 Å². The van der Waals surface area contributed by atoms with Crippen LogP contribution in [-0.4, -0.2) is 11.7 Å². The number of nitrogens with one attached hydrogen (secondary N) is 2. The Hall–Kier alpha value is -1.58. The molecule has 0 bridgehead atoms. The van der Waals surface area contributed by atoms with Crippen LogP contribution in [0.3, 0.4) is 0 Å². The zero-order valence-electron chi connectivity index (χ0n) is 10.4. The summed E-state index contributed by atoms with van der Waals surface area (Å²) in [6.07, 6.45) is 0.886. The summed E-state index contributed by atoms with van der Waals surface area (Å²) >= 11 is 11.2. The summed E-state index contributed by atoms with van der Waals surface area (Å²) in [7, 11) is 0. The maximum absolute atomic E-state index is 5.94. The fraction of sp³-hybridized carbons (Fsp3) is 0.133. The van der Waals surface area contributed by atoms with E-state index in [1.807, 2.05) is 48.5 Å². The summed E-state index contributed by atoms with van der Waals surface area (Å²) in [5.74, 6) is 0. The molecule has 2 rings (SSSR count). The molecular weight excluding hydrogens is 276 g/mol. The summed E-state index contributed by atoms with van der Waals surface area (Å²) in [6.45, 7) is 0.777. The van der Waals surface area contributed by atoms with E-state index in [-0.39, 0.29) is 0 Å². The van der Waals surface area contributed by atoms with E-state index in [9.17, 15) is 0 Å². The fourth-order valence-electron chi connectivity index (χ4n) is 1.71. The van der Waals surface area contributed by atoms with Crippen molar-refractivity contribution in [2.24, 2.45) is 0 Å². The monoisotopic (exact) mass is 290 g/mol. The highest BCUT2D eigenvalue weighted by molar-refractivity contribution is 7.80. The van der Waals surface area contributed by atoms with Gasteiger partial charge in [0.25, 0.3) is 0 Å². The van der Waals surface area contributed by atoms with Crippen molar-refractivity contribution in [2.45, 2.75) is 6.42 Å². The van der Waals surface area contributed by atoms with Crippen LogP contribution >= 0.6 is 23.8 Å². The molecule has 98 valence electrons. The van der Waals surface area contributed by atoms with Crippen LogP contribution in [-0.2, 0) is 6.42 Å². The van der Waals surface area contributed by atoms with E-state index >= 15 is 0 Å². The lowest BCUT2D eigenvalue weighted by Crippen LogP contribution is -2.30. The number of para-hydroxylation sites is 1. The molecule has 0 spiro atoms. The minimum absolute atomic E-state index is 0.633. The van der Waals surface area contributed by atoms with E-state index in [0.717, 1.165) is 23.7 Å². The zero-order valence-corrected chi connectivity index (χ0v) is 12.0. The lowest BCUT2D eigenvalue weighted by atomic mass is 10.1. The lowest BCUT2D eigenvalue weighted by Gasteiger charge is -2.10. The Balaban J connectivity index is 1.75. The number of hydrogen-bond donors (Lipinski definition) is 2. The number of anilines is 1. The Bertz CT molecular complexity index is 543. The maximum atomic E-state index is 5.94. The van der Waals surface area contributed by atoms with E-state index in [4.69, 9.17) is 23.8 Å². The van der Waals surface area contributed by atoms with Crippen LogP contribution in [0.25, 0.3) is 0 Å². The van der Waals surface area contributed by atoms with Gasteiger partial charge < -0.3 is 10.6 Å². The summed E-state index contributed by atoms with van der Waals surface area (Å²) in [4.78, 5) is 0. The van der Waals surface area contributed by atoms with Crippen molar-refractivity contribution in [3.05, 3.63) is 65.2 Å². The average Bonchev–Trinajstić information content (AvgIpc) is 2.40. The quantitative estimate of drug-likeness (QED) is 0.836. The molecule has 0 saturated heterocycles. The molecule has 19 heavy (non-hydrogen) atoms. The number of thiocarbonyl (C=S) groups is 1. The molecule has 0 amide bonds. The van der Waals surface area contributed by atoms with Gasteiger partial charge in [0, 0.05) is 17.3 Å². The van der Waals surface area contributed by atoms with E-state index in [2.05, 4.69) is 16.7 Å². The van der Waals surface area contributed by atoms with Crippen LogP contribution in [0, 0.1) is 0 Å². The molecule has 0 fully saturated rings. The summed E-state index contributed by atoms with van der Waals surface area (Å²) in [5.41, 5.74) is 2.19. The first-order valence-electron chi connectivity index (χ1n) is 6.08. The standard InChI is InChI=1S/C15H15ClN2S/c16-13-6-4-5-12(11-13)9-10-17-15(19)18-14-7-2-1-3-8-14/h1-8,11H,9-10H2,(H2,17,18,19). The molecule has 0 aliphatic carbocycles. The number of rotatable bonds is 4. The first kappa shape index (κ1) is 13.8. The molecule has 0 unspecified atom stereocenters. The highest BCUT2D eigenvalue weighted by Crippen LogP contribution is 2.10. The Morgan fingerprint density at radius 1 is 1.05 bits per heavy atom. The van der Waals surface area contributed by atoms with Gasteiger partial charge in [0.15, 0.2) is 5.11 Å². The largest absolute Gasteiger partial charge is 0.362 e. The van der Waals surface area contributed by atoms with Gasteiger partial charge in [-0.2, -0.15) is 0 Å². The van der Waals surface area contributed by atoms with Crippen LogP contribution < -0.4 is 10.6 Å². The van der Waals surface area contributed by atoms with Crippen LogP contribution in [0.2, 0.25) is 5.02 Å². The number of benzene rings is 2. The molecule has 0 aliphatic rings. The Labute approximate surface area is 123 Å². The van der Waals surface area contributed by atoms with Crippen LogP contribution in [0.1, 0.15) is 5.56 Å².